The highest BCUT2D eigenvalue weighted by Gasteiger charge is 2.52. The highest BCUT2D eigenvalue weighted by molar-refractivity contribution is 7.92. The van der Waals surface area contributed by atoms with Gasteiger partial charge in [0.1, 0.15) is 5.82 Å². The number of halogens is 3. The molecule has 0 bridgehead atoms. The zero-order valence-corrected chi connectivity index (χ0v) is 24.3. The number of nitrogens with two attached hydrogens (primary N) is 1. The molecule has 1 amide bonds. The molecule has 1 saturated carbocycles. The van der Waals surface area contributed by atoms with E-state index in [4.69, 9.17) is 10.5 Å². The number of alkyl halides is 3. The number of pyridine rings is 1. The summed E-state index contributed by atoms with van der Waals surface area (Å²) in [7, 11) is -3.67. The van der Waals surface area contributed by atoms with E-state index in [0.29, 0.717) is 35.6 Å². The van der Waals surface area contributed by atoms with Gasteiger partial charge in [0.25, 0.3) is 11.6 Å². The standard InChI is InChI=1S/C31H29F3N4O5S/c1-2-19-6-5-8-22(16-19)30(43-29(40)31(32,33)34,38-23-10-13-25-20(17-23)14-15-36-27(25)35)28(39)37-18-21-7-3-4-9-26(21)44(41,42)24-11-12-24/h3-10,13-17,24,38H,2,11-12,18H2,1H3,(H2,35,36)(H,37,39). The zero-order valence-electron chi connectivity index (χ0n) is 23.5. The number of hydrogen-bond acceptors (Lipinski definition) is 8. The Morgan fingerprint density at radius 1 is 1.02 bits per heavy atom. The summed E-state index contributed by atoms with van der Waals surface area (Å²) in [4.78, 5) is 30.6. The Morgan fingerprint density at radius 2 is 1.77 bits per heavy atom. The van der Waals surface area contributed by atoms with Gasteiger partial charge in [0.15, 0.2) is 9.84 Å². The average molecular weight is 627 g/mol. The average Bonchev–Trinajstić information content (AvgIpc) is 3.86. The topological polar surface area (TPSA) is 140 Å². The van der Waals surface area contributed by atoms with Gasteiger partial charge in [0.05, 0.1) is 10.1 Å². The lowest BCUT2D eigenvalue weighted by atomic mass is 9.97. The maximum atomic E-state index is 14.1. The number of esters is 1. The number of ether oxygens (including phenoxy) is 1. The molecule has 0 radical (unpaired) electrons. The van der Waals surface area contributed by atoms with Crippen LogP contribution in [0.2, 0.25) is 0 Å². The van der Waals surface area contributed by atoms with E-state index in [-0.39, 0.29) is 34.1 Å². The molecule has 0 spiro atoms. The number of amides is 1. The maximum Gasteiger partial charge on any atom is 0.491 e. The van der Waals surface area contributed by atoms with Gasteiger partial charge in [-0.15, -0.1) is 0 Å². The fourth-order valence-electron chi connectivity index (χ4n) is 4.87. The Hall–Kier alpha value is -4.65. The summed E-state index contributed by atoms with van der Waals surface area (Å²) in [6.07, 6.45) is -2.49. The molecule has 1 fully saturated rings. The van der Waals surface area contributed by atoms with Crippen LogP contribution in [0.15, 0.2) is 83.9 Å². The first-order valence-electron chi connectivity index (χ1n) is 13.8. The molecule has 4 aromatic rings. The van der Waals surface area contributed by atoms with E-state index in [1.165, 1.54) is 48.7 Å². The predicted octanol–water partition coefficient (Wildman–Crippen LogP) is 5.00. The third kappa shape index (κ3) is 6.18. The number of rotatable bonds is 10. The van der Waals surface area contributed by atoms with Crippen molar-refractivity contribution in [1.82, 2.24) is 10.3 Å². The number of aryl methyl sites for hydroxylation is 1. The van der Waals surface area contributed by atoms with E-state index in [2.05, 4.69) is 15.6 Å². The highest BCUT2D eigenvalue weighted by atomic mass is 32.2. The van der Waals surface area contributed by atoms with Crippen LogP contribution in [0, 0.1) is 0 Å². The van der Waals surface area contributed by atoms with Crippen LogP contribution in [0.3, 0.4) is 0 Å². The second-order valence-corrected chi connectivity index (χ2v) is 12.6. The van der Waals surface area contributed by atoms with Gasteiger partial charge in [0, 0.05) is 29.4 Å². The molecule has 1 heterocycles. The molecular weight excluding hydrogens is 597 g/mol. The number of nitrogen functional groups attached to an aromatic ring is 1. The SMILES string of the molecule is CCc1cccc(C(Nc2ccc3c(N)nccc3c2)(OC(=O)C(F)(F)F)C(=O)NCc2ccccc2S(=O)(=O)C2CC2)c1. The van der Waals surface area contributed by atoms with Crippen LogP contribution in [0.25, 0.3) is 10.8 Å². The van der Waals surface area contributed by atoms with E-state index in [1.54, 1.807) is 30.3 Å². The smallest absolute Gasteiger partial charge is 0.418 e. The van der Waals surface area contributed by atoms with E-state index in [9.17, 15) is 31.2 Å². The van der Waals surface area contributed by atoms with Crippen molar-refractivity contribution >= 4 is 44.0 Å². The van der Waals surface area contributed by atoms with Crippen LogP contribution in [0.1, 0.15) is 36.5 Å². The van der Waals surface area contributed by atoms with Crippen molar-refractivity contribution < 1.29 is 35.9 Å². The second-order valence-electron chi connectivity index (χ2n) is 10.4. The number of fused-ring (bicyclic) bond motifs is 1. The van der Waals surface area contributed by atoms with Gasteiger partial charge in [-0.25, -0.2) is 18.2 Å². The lowest BCUT2D eigenvalue weighted by Crippen LogP contribution is -2.54. The lowest BCUT2D eigenvalue weighted by molar-refractivity contribution is -0.213. The summed E-state index contributed by atoms with van der Waals surface area (Å²) in [6, 6.07) is 18.3. The Morgan fingerprint density at radius 3 is 2.48 bits per heavy atom. The van der Waals surface area contributed by atoms with Crippen molar-refractivity contribution in [2.24, 2.45) is 0 Å². The molecule has 0 saturated heterocycles. The Balaban J connectivity index is 1.61. The van der Waals surface area contributed by atoms with Crippen molar-refractivity contribution in [3.63, 3.8) is 0 Å². The monoisotopic (exact) mass is 626 g/mol. The largest absolute Gasteiger partial charge is 0.491 e. The maximum absolute atomic E-state index is 14.1. The van der Waals surface area contributed by atoms with Crippen LogP contribution in [0.4, 0.5) is 24.7 Å². The van der Waals surface area contributed by atoms with Crippen LogP contribution in [-0.2, 0) is 42.9 Å². The molecule has 1 atom stereocenters. The minimum Gasteiger partial charge on any atom is -0.418 e. The molecule has 1 unspecified atom stereocenters. The Bertz CT molecular complexity index is 1840. The number of aromatic nitrogens is 1. The lowest BCUT2D eigenvalue weighted by Gasteiger charge is -2.34. The molecule has 13 heteroatoms. The summed E-state index contributed by atoms with van der Waals surface area (Å²) in [5.41, 5.74) is 4.16. The van der Waals surface area contributed by atoms with Crippen molar-refractivity contribution in [2.75, 3.05) is 11.1 Å². The first-order valence-corrected chi connectivity index (χ1v) is 15.3. The highest BCUT2D eigenvalue weighted by Crippen LogP contribution is 2.36. The number of nitrogens with one attached hydrogen (secondary N) is 2. The summed E-state index contributed by atoms with van der Waals surface area (Å²) in [5.74, 6) is -3.54. The summed E-state index contributed by atoms with van der Waals surface area (Å²) >= 11 is 0. The molecule has 0 aliphatic heterocycles. The molecule has 1 aliphatic carbocycles. The Kier molecular flexibility index (Phi) is 8.25. The molecule has 5 rings (SSSR count). The third-order valence-corrected chi connectivity index (χ3v) is 9.70. The molecule has 9 nitrogen and oxygen atoms in total. The fraction of sp³-hybridized carbons (Fsp3) is 0.258. The van der Waals surface area contributed by atoms with Gasteiger partial charge in [-0.05, 0) is 72.2 Å². The molecule has 230 valence electrons. The number of benzene rings is 3. The number of nitrogens with zero attached hydrogens (tertiary/aromatic N) is 1. The second kappa shape index (κ2) is 11.8. The van der Waals surface area contributed by atoms with Crippen molar-refractivity contribution in [2.45, 2.75) is 54.8 Å². The van der Waals surface area contributed by atoms with Crippen LogP contribution >= 0.6 is 0 Å². The van der Waals surface area contributed by atoms with Crippen LogP contribution in [-0.4, -0.2) is 36.7 Å². The quantitative estimate of drug-likeness (QED) is 0.165. The van der Waals surface area contributed by atoms with Gasteiger partial charge in [0.2, 0.25) is 0 Å². The first-order chi connectivity index (χ1) is 20.8. The van der Waals surface area contributed by atoms with E-state index in [0.717, 1.165) is 0 Å². The minimum absolute atomic E-state index is 0.0161. The van der Waals surface area contributed by atoms with E-state index in [1.807, 2.05) is 6.92 Å². The number of anilines is 2. The number of hydrogen-bond donors (Lipinski definition) is 3. The van der Waals surface area contributed by atoms with E-state index < -0.39 is 38.9 Å². The number of sulfone groups is 1. The van der Waals surface area contributed by atoms with E-state index >= 15 is 0 Å². The Labute approximate surface area is 251 Å². The van der Waals surface area contributed by atoms with Gasteiger partial charge >= 0.3 is 12.1 Å². The predicted molar refractivity (Wildman–Crippen MR) is 158 cm³/mol. The van der Waals surface area contributed by atoms with Crippen molar-refractivity contribution in [3.8, 4) is 0 Å². The fourth-order valence-corrected chi connectivity index (χ4v) is 6.76. The molecule has 4 N–H and O–H groups in total. The minimum atomic E-state index is -5.44. The molecular formula is C31H29F3N4O5S. The van der Waals surface area contributed by atoms with Gasteiger partial charge < -0.3 is 21.1 Å². The number of carbonyl (C=O) groups excluding carboxylic acids is 2. The third-order valence-electron chi connectivity index (χ3n) is 7.34. The number of carbonyl (C=O) groups is 2. The van der Waals surface area contributed by atoms with Crippen molar-refractivity contribution in [3.05, 3.63) is 95.7 Å². The zero-order chi connectivity index (χ0) is 31.7. The van der Waals surface area contributed by atoms with Crippen molar-refractivity contribution in [1.29, 1.82) is 0 Å². The first kappa shape index (κ1) is 30.8. The molecule has 3 aromatic carbocycles. The molecule has 1 aliphatic rings. The molecule has 44 heavy (non-hydrogen) atoms. The van der Waals surface area contributed by atoms with Gasteiger partial charge in [-0.1, -0.05) is 43.3 Å². The van der Waals surface area contributed by atoms with Gasteiger partial charge in [-0.3, -0.25) is 4.79 Å². The summed E-state index contributed by atoms with van der Waals surface area (Å²) in [6.45, 7) is 1.44. The normalized spacial score (nSPS) is 14.9. The van der Waals surface area contributed by atoms with Gasteiger partial charge in [-0.2, -0.15) is 13.2 Å². The summed E-state index contributed by atoms with van der Waals surface area (Å²) in [5, 5.41) is 5.87. The van der Waals surface area contributed by atoms with Crippen LogP contribution < -0.4 is 16.4 Å². The molecule has 1 aromatic heterocycles. The summed E-state index contributed by atoms with van der Waals surface area (Å²) < 4.78 is 72.2. The van der Waals surface area contributed by atoms with Crippen LogP contribution in [0.5, 0.6) is 0 Å².